The fourth-order valence-electron chi connectivity index (χ4n) is 2.50. The van der Waals surface area contributed by atoms with Crippen molar-refractivity contribution in [3.8, 4) is 5.75 Å². The van der Waals surface area contributed by atoms with E-state index in [2.05, 4.69) is 22.7 Å². The smallest absolute Gasteiger partial charge is 0.271 e. The lowest BCUT2D eigenvalue weighted by Crippen LogP contribution is -2.35. The minimum atomic E-state index is -0.284. The first-order valence-electron chi connectivity index (χ1n) is 6.06. The van der Waals surface area contributed by atoms with Gasteiger partial charge in [0.25, 0.3) is 5.91 Å². The number of benzene rings is 1. The third-order valence-corrected chi connectivity index (χ3v) is 3.57. The van der Waals surface area contributed by atoms with Gasteiger partial charge in [0.05, 0.1) is 0 Å². The van der Waals surface area contributed by atoms with Gasteiger partial charge in [-0.1, -0.05) is 18.2 Å². The predicted molar refractivity (Wildman–Crippen MR) is 68.4 cm³/mol. The molecule has 2 atom stereocenters. The van der Waals surface area contributed by atoms with Crippen molar-refractivity contribution in [2.24, 2.45) is 16.9 Å². The number of carbonyl (C=O) groups excluding carboxylic acids is 1. The third kappa shape index (κ3) is 1.90. The van der Waals surface area contributed by atoms with E-state index in [0.29, 0.717) is 17.4 Å². The lowest BCUT2D eigenvalue weighted by Gasteiger charge is -2.31. The molecule has 18 heavy (non-hydrogen) atoms. The van der Waals surface area contributed by atoms with Gasteiger partial charge in [0.2, 0.25) is 0 Å². The first-order valence-corrected chi connectivity index (χ1v) is 6.06. The van der Waals surface area contributed by atoms with E-state index in [4.69, 9.17) is 0 Å². The lowest BCUT2D eigenvalue weighted by atomic mass is 9.74. The molecule has 92 valence electrons. The van der Waals surface area contributed by atoms with E-state index < -0.39 is 0 Å². The van der Waals surface area contributed by atoms with Gasteiger partial charge in [0.1, 0.15) is 5.75 Å². The maximum Gasteiger partial charge on any atom is 0.271 e. The summed E-state index contributed by atoms with van der Waals surface area (Å²) in [7, 11) is 0. The molecule has 0 saturated heterocycles. The fraction of sp³-hybridized carbons (Fsp3) is 0.286. The van der Waals surface area contributed by atoms with E-state index in [1.54, 1.807) is 12.1 Å². The van der Waals surface area contributed by atoms with Gasteiger partial charge in [-0.05, 0) is 37.0 Å². The summed E-state index contributed by atoms with van der Waals surface area (Å²) in [6, 6.07) is 6.24. The number of hydrogen-bond acceptors (Lipinski definition) is 3. The molecular weight excluding hydrogens is 228 g/mol. The van der Waals surface area contributed by atoms with E-state index in [1.165, 1.54) is 12.1 Å². The van der Waals surface area contributed by atoms with Crippen LogP contribution in [0.4, 0.5) is 0 Å². The van der Waals surface area contributed by atoms with Gasteiger partial charge in [-0.15, -0.1) is 0 Å². The van der Waals surface area contributed by atoms with Crippen LogP contribution in [0.15, 0.2) is 41.5 Å². The van der Waals surface area contributed by atoms with E-state index in [9.17, 15) is 9.90 Å². The first kappa shape index (κ1) is 11.0. The molecule has 3 rings (SSSR count). The molecule has 0 aromatic heterocycles. The van der Waals surface area contributed by atoms with E-state index >= 15 is 0 Å². The number of aromatic hydroxyl groups is 1. The van der Waals surface area contributed by atoms with Crippen LogP contribution in [-0.2, 0) is 0 Å². The molecule has 2 aliphatic rings. The number of nitrogens with one attached hydrogen (secondary N) is 1. The summed E-state index contributed by atoms with van der Waals surface area (Å²) in [4.78, 5) is 11.8. The molecule has 0 aliphatic heterocycles. The number of phenolic OH excluding ortho intramolecular Hbond substituents is 1. The number of rotatable bonds is 2. The van der Waals surface area contributed by atoms with E-state index in [0.717, 1.165) is 18.6 Å². The number of carbonyl (C=O) groups is 1. The highest BCUT2D eigenvalue weighted by molar-refractivity contribution is 5.98. The van der Waals surface area contributed by atoms with Gasteiger partial charge in [-0.25, -0.2) is 5.43 Å². The summed E-state index contributed by atoms with van der Waals surface area (Å²) < 4.78 is 0. The van der Waals surface area contributed by atoms with Crippen LogP contribution in [-0.4, -0.2) is 16.7 Å². The van der Waals surface area contributed by atoms with Gasteiger partial charge in [0, 0.05) is 17.2 Å². The fourth-order valence-corrected chi connectivity index (χ4v) is 2.50. The zero-order valence-corrected chi connectivity index (χ0v) is 9.84. The van der Waals surface area contributed by atoms with Crippen molar-refractivity contribution < 1.29 is 9.90 Å². The Morgan fingerprint density at radius 3 is 3.11 bits per heavy atom. The number of allylic oxidation sites excluding steroid dienone is 2. The summed E-state index contributed by atoms with van der Waals surface area (Å²) in [5.41, 5.74) is 4.04. The monoisotopic (exact) mass is 242 g/mol. The van der Waals surface area contributed by atoms with Crippen LogP contribution in [0.1, 0.15) is 23.2 Å². The summed E-state index contributed by atoms with van der Waals surface area (Å²) in [6.07, 6.45) is 6.38. The molecular formula is C14H14N2O2. The number of phenols is 1. The average molecular weight is 242 g/mol. The zero-order valence-electron chi connectivity index (χ0n) is 9.84. The lowest BCUT2D eigenvalue weighted by molar-refractivity contribution is 0.0953. The molecule has 1 saturated carbocycles. The van der Waals surface area contributed by atoms with Gasteiger partial charge in [0.15, 0.2) is 0 Å². The second-order valence-corrected chi connectivity index (χ2v) is 4.73. The molecule has 0 spiro atoms. The van der Waals surface area contributed by atoms with Crippen molar-refractivity contribution in [1.29, 1.82) is 0 Å². The Morgan fingerprint density at radius 2 is 2.33 bits per heavy atom. The molecule has 2 aliphatic carbocycles. The van der Waals surface area contributed by atoms with Gasteiger partial charge >= 0.3 is 0 Å². The highest BCUT2D eigenvalue weighted by Crippen LogP contribution is 2.40. The molecule has 0 bridgehead atoms. The van der Waals surface area contributed by atoms with Crippen molar-refractivity contribution in [2.45, 2.75) is 12.8 Å². The molecule has 0 radical (unpaired) electrons. The van der Waals surface area contributed by atoms with Crippen molar-refractivity contribution in [1.82, 2.24) is 5.43 Å². The Hall–Kier alpha value is -2.10. The topological polar surface area (TPSA) is 61.7 Å². The molecule has 1 aromatic carbocycles. The maximum atomic E-state index is 11.8. The number of hydrazone groups is 1. The minimum Gasteiger partial charge on any atom is -0.508 e. The molecule has 1 fully saturated rings. The Labute approximate surface area is 105 Å². The highest BCUT2D eigenvalue weighted by atomic mass is 16.3. The third-order valence-electron chi connectivity index (χ3n) is 3.57. The quantitative estimate of drug-likeness (QED) is 0.616. The van der Waals surface area contributed by atoms with Crippen molar-refractivity contribution >= 4 is 11.6 Å². The van der Waals surface area contributed by atoms with Crippen molar-refractivity contribution in [2.75, 3.05) is 0 Å². The van der Waals surface area contributed by atoms with Crippen LogP contribution in [0.25, 0.3) is 0 Å². The Bertz CT molecular complexity index is 548. The van der Waals surface area contributed by atoms with Crippen LogP contribution in [0.5, 0.6) is 5.75 Å². The van der Waals surface area contributed by atoms with Crippen LogP contribution >= 0.6 is 0 Å². The molecule has 0 unspecified atom stereocenters. The van der Waals surface area contributed by atoms with Crippen LogP contribution in [0.2, 0.25) is 0 Å². The Kier molecular flexibility index (Phi) is 2.63. The summed E-state index contributed by atoms with van der Waals surface area (Å²) >= 11 is 0. The normalized spacial score (nSPS) is 26.8. The number of hydrogen-bond donors (Lipinski definition) is 2. The van der Waals surface area contributed by atoms with Crippen LogP contribution < -0.4 is 5.43 Å². The average Bonchev–Trinajstić information content (AvgIpc) is 2.71. The molecule has 4 nitrogen and oxygen atoms in total. The van der Waals surface area contributed by atoms with Crippen molar-refractivity contribution in [3.63, 3.8) is 0 Å². The SMILES string of the molecule is O=C(N/N=C1/C[C@@H]2C=CC[C@H]12)c1cccc(O)c1. The Morgan fingerprint density at radius 1 is 1.44 bits per heavy atom. The second kappa shape index (κ2) is 4.29. The predicted octanol–water partition coefficient (Wildman–Crippen LogP) is 2.07. The van der Waals surface area contributed by atoms with E-state index in [-0.39, 0.29) is 11.7 Å². The van der Waals surface area contributed by atoms with E-state index in [1.807, 2.05) is 0 Å². The van der Waals surface area contributed by atoms with Gasteiger partial charge in [-0.3, -0.25) is 4.79 Å². The second-order valence-electron chi connectivity index (χ2n) is 4.73. The molecule has 1 aromatic rings. The highest BCUT2D eigenvalue weighted by Gasteiger charge is 2.37. The Balaban J connectivity index is 1.64. The maximum absolute atomic E-state index is 11.8. The number of nitrogens with zero attached hydrogens (tertiary/aromatic N) is 1. The molecule has 1 amide bonds. The number of fused-ring (bicyclic) bond motifs is 1. The largest absolute Gasteiger partial charge is 0.508 e. The minimum absolute atomic E-state index is 0.0824. The summed E-state index contributed by atoms with van der Waals surface area (Å²) in [6.45, 7) is 0. The molecule has 0 heterocycles. The number of amides is 1. The van der Waals surface area contributed by atoms with Gasteiger partial charge in [-0.2, -0.15) is 5.10 Å². The molecule has 4 heteroatoms. The standard InChI is InChI=1S/C14H14N2O2/c17-11-5-1-4-10(7-11)14(18)16-15-13-8-9-3-2-6-12(9)13/h1-5,7,9,12,17H,6,8H2,(H,16,18)/b15-13-/t9-,12-/m0/s1. The van der Waals surface area contributed by atoms with Gasteiger partial charge < -0.3 is 5.11 Å². The van der Waals surface area contributed by atoms with Crippen LogP contribution in [0.3, 0.4) is 0 Å². The van der Waals surface area contributed by atoms with Crippen molar-refractivity contribution in [3.05, 3.63) is 42.0 Å². The summed E-state index contributed by atoms with van der Waals surface area (Å²) in [5.74, 6) is 0.919. The van der Waals surface area contributed by atoms with Crippen LogP contribution in [0, 0.1) is 11.8 Å². The zero-order chi connectivity index (χ0) is 12.5. The summed E-state index contributed by atoms with van der Waals surface area (Å²) in [5, 5.41) is 13.5. The molecule has 2 N–H and O–H groups in total. The first-order chi connectivity index (χ1) is 8.74.